The molecule has 2 heterocycles. The van der Waals surface area contributed by atoms with E-state index < -0.39 is 16.8 Å². The fourth-order valence-corrected chi connectivity index (χ4v) is 1.53. The summed E-state index contributed by atoms with van der Waals surface area (Å²) in [5.74, 6) is -0.194. The van der Waals surface area contributed by atoms with E-state index in [0.717, 1.165) is 9.13 Å². The molecule has 0 aliphatic rings. The van der Waals surface area contributed by atoms with Gasteiger partial charge in [0.05, 0.1) is 7.11 Å². The molecule has 8 heteroatoms. The van der Waals surface area contributed by atoms with E-state index in [0.29, 0.717) is 0 Å². The predicted molar refractivity (Wildman–Crippen MR) is 59.4 cm³/mol. The molecule has 0 atom stereocenters. The molecule has 0 unspecified atom stereocenters. The molecule has 0 saturated heterocycles. The number of aromatic nitrogens is 4. The van der Waals surface area contributed by atoms with Crippen molar-refractivity contribution in [1.29, 1.82) is 0 Å². The van der Waals surface area contributed by atoms with E-state index in [9.17, 15) is 14.4 Å². The zero-order valence-electron chi connectivity index (χ0n) is 9.47. The van der Waals surface area contributed by atoms with Crippen LogP contribution in [0.1, 0.15) is 0 Å². The minimum Gasteiger partial charge on any atom is -0.477 e. The minimum atomic E-state index is -0.615. The fourth-order valence-electron chi connectivity index (χ4n) is 1.53. The van der Waals surface area contributed by atoms with E-state index in [1.807, 2.05) is 0 Å². The molecule has 0 aromatic carbocycles. The lowest BCUT2D eigenvalue weighted by molar-refractivity contribution is 0.392. The van der Waals surface area contributed by atoms with E-state index in [4.69, 9.17) is 4.74 Å². The summed E-state index contributed by atoms with van der Waals surface area (Å²) in [6.45, 7) is 0. The zero-order valence-corrected chi connectivity index (χ0v) is 9.47. The van der Waals surface area contributed by atoms with E-state index in [1.165, 1.54) is 21.2 Å². The van der Waals surface area contributed by atoms with E-state index in [-0.39, 0.29) is 17.0 Å². The van der Waals surface area contributed by atoms with Gasteiger partial charge in [-0.15, -0.1) is 0 Å². The van der Waals surface area contributed by atoms with Gasteiger partial charge in [-0.3, -0.25) is 18.7 Å². The molecular weight excluding hydrogens is 228 g/mol. The largest absolute Gasteiger partial charge is 0.477 e. The average Bonchev–Trinajstić information content (AvgIpc) is 2.33. The molecule has 0 aliphatic heterocycles. The highest BCUT2D eigenvalue weighted by atomic mass is 16.5. The van der Waals surface area contributed by atoms with Crippen molar-refractivity contribution in [3.8, 4) is 5.88 Å². The number of rotatable bonds is 1. The third-order valence-corrected chi connectivity index (χ3v) is 2.47. The maximum Gasteiger partial charge on any atom is 0.332 e. The second-order valence-electron chi connectivity index (χ2n) is 3.48. The number of hydrogen-bond donors (Lipinski definition) is 1. The van der Waals surface area contributed by atoms with Gasteiger partial charge in [-0.05, 0) is 0 Å². The van der Waals surface area contributed by atoms with Crippen LogP contribution in [0.15, 0.2) is 14.4 Å². The highest BCUT2D eigenvalue weighted by Crippen LogP contribution is 2.02. The maximum absolute atomic E-state index is 11.8. The lowest BCUT2D eigenvalue weighted by Gasteiger charge is -2.06. The Bertz CT molecular complexity index is 767. The van der Waals surface area contributed by atoms with E-state index >= 15 is 0 Å². The van der Waals surface area contributed by atoms with Crippen molar-refractivity contribution in [2.24, 2.45) is 14.1 Å². The van der Waals surface area contributed by atoms with Gasteiger partial charge in [0.1, 0.15) is 0 Å². The number of H-pyrrole nitrogens is 1. The number of nitrogens with one attached hydrogen (secondary N) is 1. The molecule has 0 fully saturated rings. The fraction of sp³-hybridized carbons (Fsp3) is 0.333. The molecule has 17 heavy (non-hydrogen) atoms. The molecule has 2 rings (SSSR count). The molecule has 0 spiro atoms. The molecule has 0 aliphatic carbocycles. The second kappa shape index (κ2) is 3.58. The Morgan fingerprint density at radius 3 is 2.41 bits per heavy atom. The summed E-state index contributed by atoms with van der Waals surface area (Å²) >= 11 is 0. The van der Waals surface area contributed by atoms with Gasteiger partial charge in [-0.1, -0.05) is 0 Å². The molecule has 90 valence electrons. The second-order valence-corrected chi connectivity index (χ2v) is 3.48. The van der Waals surface area contributed by atoms with Crippen LogP contribution < -0.4 is 21.5 Å². The number of ether oxygens (including phenoxy) is 1. The van der Waals surface area contributed by atoms with Gasteiger partial charge in [0.15, 0.2) is 11.2 Å². The van der Waals surface area contributed by atoms with E-state index in [2.05, 4.69) is 9.97 Å². The topological polar surface area (TPSA) is 99.0 Å². The van der Waals surface area contributed by atoms with Crippen LogP contribution >= 0.6 is 0 Å². The highest BCUT2D eigenvalue weighted by Gasteiger charge is 2.13. The first-order chi connectivity index (χ1) is 7.97. The molecule has 0 saturated carbocycles. The molecule has 0 bridgehead atoms. The van der Waals surface area contributed by atoms with Crippen LogP contribution in [-0.2, 0) is 14.1 Å². The lowest BCUT2D eigenvalue weighted by atomic mass is 10.5. The SMILES string of the molecule is COc1nc2c([nH]c1=O)c(=O)n(C)c(=O)n2C. The van der Waals surface area contributed by atoms with Crippen molar-refractivity contribution in [2.45, 2.75) is 0 Å². The van der Waals surface area contributed by atoms with Crippen LogP contribution in [0.5, 0.6) is 5.88 Å². The lowest BCUT2D eigenvalue weighted by Crippen LogP contribution is -2.38. The summed E-state index contributed by atoms with van der Waals surface area (Å²) in [5, 5.41) is 0. The Hall–Kier alpha value is -2.38. The third kappa shape index (κ3) is 1.45. The molecular formula is C9H10N4O4. The van der Waals surface area contributed by atoms with Gasteiger partial charge in [-0.25, -0.2) is 4.79 Å². The number of nitrogens with zero attached hydrogens (tertiary/aromatic N) is 3. The summed E-state index contributed by atoms with van der Waals surface area (Å²) in [4.78, 5) is 41.0. The van der Waals surface area contributed by atoms with Crippen molar-refractivity contribution in [3.63, 3.8) is 0 Å². The van der Waals surface area contributed by atoms with Gasteiger partial charge >= 0.3 is 11.2 Å². The summed E-state index contributed by atoms with van der Waals surface area (Å²) in [7, 11) is 4.06. The highest BCUT2D eigenvalue weighted by molar-refractivity contribution is 5.68. The van der Waals surface area contributed by atoms with Crippen molar-refractivity contribution in [1.82, 2.24) is 19.1 Å². The Morgan fingerprint density at radius 1 is 1.18 bits per heavy atom. The van der Waals surface area contributed by atoms with Gasteiger partial charge in [0, 0.05) is 14.1 Å². The van der Waals surface area contributed by atoms with Crippen LogP contribution in [0.2, 0.25) is 0 Å². The van der Waals surface area contributed by atoms with Gasteiger partial charge in [0.25, 0.3) is 11.4 Å². The van der Waals surface area contributed by atoms with Crippen LogP contribution in [0.3, 0.4) is 0 Å². The quantitative estimate of drug-likeness (QED) is 0.640. The predicted octanol–water partition coefficient (Wildman–Crippen LogP) is -1.67. The Labute approximate surface area is 94.1 Å². The number of fused-ring (bicyclic) bond motifs is 1. The first-order valence-corrected chi connectivity index (χ1v) is 4.71. The average molecular weight is 238 g/mol. The number of aryl methyl sites for hydroxylation is 1. The molecule has 1 N–H and O–H groups in total. The summed E-state index contributed by atoms with van der Waals surface area (Å²) in [6, 6.07) is 0. The molecule has 8 nitrogen and oxygen atoms in total. The molecule has 2 aromatic heterocycles. The van der Waals surface area contributed by atoms with Crippen LogP contribution in [-0.4, -0.2) is 26.2 Å². The van der Waals surface area contributed by atoms with Crippen molar-refractivity contribution in [3.05, 3.63) is 31.2 Å². The summed E-state index contributed by atoms with van der Waals surface area (Å²) in [6.07, 6.45) is 0. The summed E-state index contributed by atoms with van der Waals surface area (Å²) in [5.41, 5.74) is -1.69. The van der Waals surface area contributed by atoms with Crippen molar-refractivity contribution >= 4 is 11.2 Å². The van der Waals surface area contributed by atoms with Gasteiger partial charge < -0.3 is 9.72 Å². The standard InChI is InChI=1S/C9H10N4O4/c1-12-5-4(8(15)13(2)9(12)16)10-6(14)7(11-5)17-3/h1-3H3,(H,10,14). The first kappa shape index (κ1) is 11.1. The van der Waals surface area contributed by atoms with E-state index in [1.54, 1.807) is 0 Å². The normalized spacial score (nSPS) is 10.8. The minimum absolute atomic E-state index is 0.0274. The van der Waals surface area contributed by atoms with Crippen LogP contribution in [0.25, 0.3) is 11.2 Å². The van der Waals surface area contributed by atoms with Gasteiger partial charge in [0.2, 0.25) is 0 Å². The zero-order chi connectivity index (χ0) is 12.7. The molecule has 0 radical (unpaired) electrons. The number of hydrogen-bond acceptors (Lipinski definition) is 5. The maximum atomic E-state index is 11.8. The van der Waals surface area contributed by atoms with Gasteiger partial charge in [-0.2, -0.15) is 4.98 Å². The Morgan fingerprint density at radius 2 is 1.82 bits per heavy atom. The number of methoxy groups -OCH3 is 1. The van der Waals surface area contributed by atoms with Crippen LogP contribution in [0, 0.1) is 0 Å². The summed E-state index contributed by atoms with van der Waals surface area (Å²) < 4.78 is 6.80. The van der Waals surface area contributed by atoms with Crippen molar-refractivity contribution in [2.75, 3.05) is 7.11 Å². The monoisotopic (exact) mass is 238 g/mol. The third-order valence-electron chi connectivity index (χ3n) is 2.47. The molecule has 2 aromatic rings. The number of aromatic amines is 1. The Balaban J connectivity index is 3.13. The van der Waals surface area contributed by atoms with Crippen molar-refractivity contribution < 1.29 is 4.74 Å². The molecule has 0 amide bonds. The van der Waals surface area contributed by atoms with Crippen LogP contribution in [0.4, 0.5) is 0 Å². The first-order valence-electron chi connectivity index (χ1n) is 4.71. The smallest absolute Gasteiger partial charge is 0.332 e. The Kier molecular flexibility index (Phi) is 2.34.